The van der Waals surface area contributed by atoms with Crippen molar-refractivity contribution in [1.29, 1.82) is 0 Å². The normalized spacial score (nSPS) is 11.8. The zero-order valence-electron chi connectivity index (χ0n) is 15.2. The molecule has 0 fully saturated rings. The average molecular weight is 413 g/mol. The Hall–Kier alpha value is -2.20. The number of sulfonamides is 1. The highest BCUT2D eigenvalue weighted by Crippen LogP contribution is 2.20. The summed E-state index contributed by atoms with van der Waals surface area (Å²) < 4.78 is 26.7. The van der Waals surface area contributed by atoms with Gasteiger partial charge in [0, 0.05) is 26.4 Å². The van der Waals surface area contributed by atoms with Gasteiger partial charge >= 0.3 is 0 Å². The summed E-state index contributed by atoms with van der Waals surface area (Å²) in [6.45, 7) is 0.0356. The van der Waals surface area contributed by atoms with Gasteiger partial charge < -0.3 is 9.88 Å². The van der Waals surface area contributed by atoms with Crippen LogP contribution in [0, 0.1) is 0 Å². The van der Waals surface area contributed by atoms with Gasteiger partial charge in [0.05, 0.1) is 28.8 Å². The van der Waals surface area contributed by atoms with Crippen LogP contribution in [-0.2, 0) is 21.5 Å². The van der Waals surface area contributed by atoms with Crippen molar-refractivity contribution >= 4 is 33.2 Å². The Balaban J connectivity index is 2.09. The largest absolute Gasteiger partial charge is 0.324 e. The fraction of sp³-hybridized carbons (Fsp3) is 0.294. The number of hydrogen-bond acceptors (Lipinski definition) is 5. The monoisotopic (exact) mass is 412 g/mol. The molecule has 0 unspecified atom stereocenters. The molecule has 1 N–H and O–H groups in total. The number of nitrogens with one attached hydrogen (secondary N) is 1. The summed E-state index contributed by atoms with van der Waals surface area (Å²) in [6.07, 6.45) is 1.26. The third-order valence-electron chi connectivity index (χ3n) is 3.69. The molecule has 0 atom stereocenters. The highest BCUT2D eigenvalue weighted by molar-refractivity contribution is 7.89. The molecule has 0 saturated heterocycles. The smallest absolute Gasteiger partial charge is 0.251 e. The van der Waals surface area contributed by atoms with E-state index in [9.17, 15) is 18.0 Å². The molecule has 2 rings (SSSR count). The number of hydrogen-bond donors (Lipinski definition) is 1. The van der Waals surface area contributed by atoms with E-state index < -0.39 is 10.0 Å². The van der Waals surface area contributed by atoms with Crippen molar-refractivity contribution in [3.05, 3.63) is 58.0 Å². The third kappa shape index (κ3) is 5.39. The number of anilines is 1. The maximum absolute atomic E-state index is 12.2. The van der Waals surface area contributed by atoms with Crippen LogP contribution in [0.4, 0.5) is 5.69 Å². The molecule has 1 amide bonds. The zero-order valence-corrected chi connectivity index (χ0v) is 16.8. The molecule has 0 spiro atoms. The minimum Gasteiger partial charge on any atom is -0.324 e. The van der Waals surface area contributed by atoms with Gasteiger partial charge in [0.2, 0.25) is 15.9 Å². The molecule has 1 aromatic heterocycles. The van der Waals surface area contributed by atoms with Crippen molar-refractivity contribution in [1.82, 2.24) is 13.8 Å². The first kappa shape index (κ1) is 21.1. The van der Waals surface area contributed by atoms with Gasteiger partial charge in [-0.15, -0.1) is 0 Å². The Morgan fingerprint density at radius 1 is 1.15 bits per heavy atom. The van der Waals surface area contributed by atoms with Gasteiger partial charge in [-0.05, 0) is 25.2 Å². The van der Waals surface area contributed by atoms with Crippen molar-refractivity contribution in [2.45, 2.75) is 11.6 Å². The maximum atomic E-state index is 12.2. The minimum absolute atomic E-state index is 0.000943. The topological polar surface area (TPSA) is 91.7 Å². The summed E-state index contributed by atoms with van der Waals surface area (Å²) in [4.78, 5) is 25.8. The Bertz CT molecular complexity index is 988. The van der Waals surface area contributed by atoms with E-state index in [1.54, 1.807) is 36.2 Å². The average Bonchev–Trinajstić information content (AvgIpc) is 2.58. The minimum atomic E-state index is -3.66. The molecule has 146 valence electrons. The van der Waals surface area contributed by atoms with E-state index in [1.165, 1.54) is 37.0 Å². The molecule has 27 heavy (non-hydrogen) atoms. The summed E-state index contributed by atoms with van der Waals surface area (Å²) in [5, 5.41) is 3.11. The first-order chi connectivity index (χ1) is 12.6. The number of carbonyl (C=O) groups is 1. The van der Waals surface area contributed by atoms with Crippen LogP contribution in [0.15, 0.2) is 52.3 Å². The Kier molecular flexibility index (Phi) is 6.77. The van der Waals surface area contributed by atoms with Crippen molar-refractivity contribution in [2.24, 2.45) is 0 Å². The molecule has 0 aliphatic carbocycles. The van der Waals surface area contributed by atoms with Gasteiger partial charge in [-0.3, -0.25) is 14.5 Å². The lowest BCUT2D eigenvalue weighted by Crippen LogP contribution is -2.35. The summed E-state index contributed by atoms with van der Waals surface area (Å²) in [5.74, 6) is -0.310. The van der Waals surface area contributed by atoms with Gasteiger partial charge in [-0.2, -0.15) is 0 Å². The quantitative estimate of drug-likeness (QED) is 0.739. The van der Waals surface area contributed by atoms with Gasteiger partial charge in [-0.25, -0.2) is 12.7 Å². The van der Waals surface area contributed by atoms with Crippen molar-refractivity contribution in [3.63, 3.8) is 0 Å². The standard InChI is InChI=1S/C17H21ClN4O4S/c1-20(2)27(25,26)13-8-9-17(24)22(10-13)12-21(3)11-16(23)19-15-7-5-4-6-14(15)18/h4-10H,11-12H2,1-3H3,(H,19,23). The molecule has 0 saturated carbocycles. The summed E-state index contributed by atoms with van der Waals surface area (Å²) >= 11 is 6.01. The molecular formula is C17H21ClN4O4S. The predicted octanol–water partition coefficient (Wildman–Crippen LogP) is 1.28. The van der Waals surface area contributed by atoms with Crippen molar-refractivity contribution in [2.75, 3.05) is 33.0 Å². The number of carbonyl (C=O) groups excluding carboxylic acids is 1. The highest BCUT2D eigenvalue weighted by atomic mass is 35.5. The van der Waals surface area contributed by atoms with Crippen LogP contribution in [0.25, 0.3) is 0 Å². The second-order valence-electron chi connectivity index (χ2n) is 6.14. The SMILES string of the molecule is CN(CC(=O)Nc1ccccc1Cl)Cn1cc(S(=O)(=O)N(C)C)ccc1=O. The number of halogens is 1. The van der Waals surface area contributed by atoms with Crippen LogP contribution < -0.4 is 10.9 Å². The van der Waals surface area contributed by atoms with E-state index in [-0.39, 0.29) is 29.6 Å². The van der Waals surface area contributed by atoms with Crippen LogP contribution >= 0.6 is 11.6 Å². The fourth-order valence-electron chi connectivity index (χ4n) is 2.29. The highest BCUT2D eigenvalue weighted by Gasteiger charge is 2.18. The number of aromatic nitrogens is 1. The first-order valence-corrected chi connectivity index (χ1v) is 9.79. The van der Waals surface area contributed by atoms with Crippen LogP contribution in [0.3, 0.4) is 0 Å². The first-order valence-electron chi connectivity index (χ1n) is 7.97. The van der Waals surface area contributed by atoms with E-state index in [0.717, 1.165) is 4.31 Å². The molecule has 1 heterocycles. The van der Waals surface area contributed by atoms with Crippen molar-refractivity contribution < 1.29 is 13.2 Å². The Labute approximate surface area is 163 Å². The summed E-state index contributed by atoms with van der Waals surface area (Å²) in [7, 11) is 0.811. The molecule has 0 bridgehead atoms. The van der Waals surface area contributed by atoms with Crippen LogP contribution in [0.2, 0.25) is 5.02 Å². The molecule has 0 aliphatic rings. The van der Waals surface area contributed by atoms with Crippen LogP contribution in [0.5, 0.6) is 0 Å². The Morgan fingerprint density at radius 3 is 2.44 bits per heavy atom. The number of rotatable bonds is 7. The Morgan fingerprint density at radius 2 is 1.81 bits per heavy atom. The number of para-hydroxylation sites is 1. The van der Waals surface area contributed by atoms with Crippen LogP contribution in [-0.4, -0.2) is 55.8 Å². The maximum Gasteiger partial charge on any atom is 0.251 e. The van der Waals surface area contributed by atoms with E-state index in [2.05, 4.69) is 5.32 Å². The lowest BCUT2D eigenvalue weighted by atomic mass is 10.3. The van der Waals surface area contributed by atoms with E-state index in [1.807, 2.05) is 0 Å². The second-order valence-corrected chi connectivity index (χ2v) is 8.70. The molecule has 10 heteroatoms. The second kappa shape index (κ2) is 8.66. The number of amides is 1. The van der Waals surface area contributed by atoms with Crippen LogP contribution in [0.1, 0.15) is 0 Å². The number of likely N-dealkylation sites (N-methyl/N-ethyl adjacent to an activating group) is 1. The van der Waals surface area contributed by atoms with Crippen molar-refractivity contribution in [3.8, 4) is 0 Å². The molecule has 1 aromatic carbocycles. The van der Waals surface area contributed by atoms with Gasteiger partial charge in [0.15, 0.2) is 0 Å². The zero-order chi connectivity index (χ0) is 20.2. The molecular weight excluding hydrogens is 392 g/mol. The van der Waals surface area contributed by atoms with E-state index in [4.69, 9.17) is 11.6 Å². The summed E-state index contributed by atoms with van der Waals surface area (Å²) in [5.41, 5.74) is 0.125. The molecule has 8 nitrogen and oxygen atoms in total. The van der Waals surface area contributed by atoms with E-state index >= 15 is 0 Å². The summed E-state index contributed by atoms with van der Waals surface area (Å²) in [6, 6.07) is 9.30. The van der Waals surface area contributed by atoms with Gasteiger partial charge in [-0.1, -0.05) is 23.7 Å². The number of pyridine rings is 1. The lowest BCUT2D eigenvalue weighted by molar-refractivity contribution is -0.117. The third-order valence-corrected chi connectivity index (χ3v) is 5.82. The lowest BCUT2D eigenvalue weighted by Gasteiger charge is -2.19. The number of nitrogens with zero attached hydrogens (tertiary/aromatic N) is 3. The van der Waals surface area contributed by atoms with Gasteiger partial charge in [0.25, 0.3) is 5.56 Å². The fourth-order valence-corrected chi connectivity index (χ4v) is 3.40. The number of benzene rings is 1. The molecule has 0 radical (unpaired) electrons. The molecule has 0 aliphatic heterocycles. The van der Waals surface area contributed by atoms with Gasteiger partial charge in [0.1, 0.15) is 0 Å². The predicted molar refractivity (Wildman–Crippen MR) is 104 cm³/mol. The molecule has 2 aromatic rings. The van der Waals surface area contributed by atoms with E-state index in [0.29, 0.717) is 10.7 Å².